The molecule has 4 nitrogen and oxygen atoms in total. The van der Waals surface area contributed by atoms with Crippen molar-refractivity contribution in [2.75, 3.05) is 0 Å². The average molecular weight is 232 g/mol. The Morgan fingerprint density at radius 2 is 1.31 bits per heavy atom. The van der Waals surface area contributed by atoms with Crippen molar-refractivity contribution in [1.29, 1.82) is 0 Å². The van der Waals surface area contributed by atoms with Crippen molar-refractivity contribution >= 4 is 5.97 Å². The van der Waals surface area contributed by atoms with E-state index in [-0.39, 0.29) is 11.2 Å². The molecule has 0 fully saturated rings. The number of allylic oxidation sites excluding steroid dienone is 1. The molecule has 0 aliphatic heterocycles. The number of aliphatic carboxylic acids is 1. The fourth-order valence-electron chi connectivity index (χ4n) is 0.393. The molecule has 0 saturated carbocycles. The van der Waals surface area contributed by atoms with Crippen LogP contribution >= 0.6 is 0 Å². The lowest BCUT2D eigenvalue weighted by atomic mass is 10.2. The first kappa shape index (κ1) is 17.5. The molecule has 0 bridgehead atoms. The minimum Gasteiger partial charge on any atom is -0.478 e. The maximum absolute atomic E-state index is 9.51. The fraction of sp³-hybridized carbons (Fsp3) is 0.750. The Morgan fingerprint density at radius 1 is 1.00 bits per heavy atom. The molecule has 0 aliphatic carbocycles. The highest BCUT2D eigenvalue weighted by molar-refractivity contribution is 5.79. The number of hydrogen-bond acceptors (Lipinski definition) is 3. The van der Waals surface area contributed by atoms with Gasteiger partial charge in [0.15, 0.2) is 0 Å². The molecule has 4 heteroatoms. The van der Waals surface area contributed by atoms with E-state index >= 15 is 0 Å². The van der Waals surface area contributed by atoms with Gasteiger partial charge in [-0.15, -0.1) is 0 Å². The largest absolute Gasteiger partial charge is 0.478 e. The van der Waals surface area contributed by atoms with Crippen molar-refractivity contribution in [3.8, 4) is 0 Å². The Hall–Kier alpha value is -0.870. The second-order valence-corrected chi connectivity index (χ2v) is 5.23. The number of hydrogen-bond donors (Lipinski definition) is 1. The van der Waals surface area contributed by atoms with Crippen LogP contribution in [0.5, 0.6) is 0 Å². The van der Waals surface area contributed by atoms with Gasteiger partial charge in [-0.05, 0) is 48.5 Å². The molecule has 0 radical (unpaired) electrons. The number of carbonyl (C=O) groups is 1. The lowest BCUT2D eigenvalue weighted by Gasteiger charge is -2.24. The third-order valence-corrected chi connectivity index (χ3v) is 0.851. The van der Waals surface area contributed by atoms with Crippen LogP contribution < -0.4 is 0 Å². The van der Waals surface area contributed by atoms with Gasteiger partial charge in [0, 0.05) is 6.08 Å². The number of carboxylic acid groups (broad SMARTS) is 1. The van der Waals surface area contributed by atoms with Crippen LogP contribution in [-0.4, -0.2) is 22.3 Å². The molecule has 0 rings (SSSR count). The van der Waals surface area contributed by atoms with Crippen LogP contribution in [0.3, 0.4) is 0 Å². The highest BCUT2D eigenvalue weighted by Gasteiger charge is 2.18. The van der Waals surface area contributed by atoms with E-state index in [1.807, 2.05) is 41.5 Å². The molecule has 0 aromatic heterocycles. The SMILES string of the molecule is CC(C)(C)OOC(C)(C)C.CC=CC(=O)O. The van der Waals surface area contributed by atoms with E-state index in [0.29, 0.717) is 0 Å². The van der Waals surface area contributed by atoms with Crippen LogP contribution in [0.1, 0.15) is 48.5 Å². The molecule has 0 spiro atoms. The maximum atomic E-state index is 9.51. The smallest absolute Gasteiger partial charge is 0.327 e. The Labute approximate surface area is 98.2 Å². The third-order valence-electron chi connectivity index (χ3n) is 0.851. The number of rotatable bonds is 2. The second kappa shape index (κ2) is 7.41. The van der Waals surface area contributed by atoms with Crippen LogP contribution in [0.4, 0.5) is 0 Å². The summed E-state index contributed by atoms with van der Waals surface area (Å²) in [6.45, 7) is 13.4. The highest BCUT2D eigenvalue weighted by atomic mass is 17.2. The molecule has 16 heavy (non-hydrogen) atoms. The summed E-state index contributed by atoms with van der Waals surface area (Å²) in [6, 6.07) is 0. The van der Waals surface area contributed by atoms with Gasteiger partial charge in [0.05, 0.1) is 11.2 Å². The van der Waals surface area contributed by atoms with Gasteiger partial charge in [-0.2, -0.15) is 0 Å². The van der Waals surface area contributed by atoms with E-state index in [9.17, 15) is 4.79 Å². The Bertz CT molecular complexity index is 204. The van der Waals surface area contributed by atoms with Crippen LogP contribution in [0, 0.1) is 0 Å². The molecule has 0 aliphatic rings. The molecular weight excluding hydrogens is 208 g/mol. The standard InChI is InChI=1S/C8H18O2.C4H6O2/c1-7(2,3)9-10-8(4,5)6;1-2-3-4(5)6/h1-6H3;2-3H,1H3,(H,5,6). The summed E-state index contributed by atoms with van der Waals surface area (Å²) in [4.78, 5) is 19.7. The highest BCUT2D eigenvalue weighted by Crippen LogP contribution is 2.14. The predicted octanol–water partition coefficient (Wildman–Crippen LogP) is 3.18. The van der Waals surface area contributed by atoms with Crippen molar-refractivity contribution in [3.63, 3.8) is 0 Å². The average Bonchev–Trinajstić information content (AvgIpc) is 1.99. The Balaban J connectivity index is 0. The minimum absolute atomic E-state index is 0.215. The quantitative estimate of drug-likeness (QED) is 0.451. The van der Waals surface area contributed by atoms with Gasteiger partial charge in [0.2, 0.25) is 0 Å². The van der Waals surface area contributed by atoms with E-state index in [2.05, 4.69) is 0 Å². The van der Waals surface area contributed by atoms with Gasteiger partial charge in [-0.3, -0.25) is 0 Å². The summed E-state index contributed by atoms with van der Waals surface area (Å²) >= 11 is 0. The van der Waals surface area contributed by atoms with E-state index in [1.54, 1.807) is 6.92 Å². The monoisotopic (exact) mass is 232 g/mol. The summed E-state index contributed by atoms with van der Waals surface area (Å²) in [5.41, 5.74) is -0.430. The van der Waals surface area contributed by atoms with E-state index < -0.39 is 5.97 Å². The fourth-order valence-corrected chi connectivity index (χ4v) is 0.393. The van der Waals surface area contributed by atoms with Gasteiger partial charge >= 0.3 is 5.97 Å². The van der Waals surface area contributed by atoms with Crippen molar-refractivity contribution < 1.29 is 19.7 Å². The first-order chi connectivity index (χ1) is 6.98. The molecule has 96 valence electrons. The molecule has 0 unspecified atom stereocenters. The van der Waals surface area contributed by atoms with Gasteiger partial charge in [-0.25, -0.2) is 14.6 Å². The molecule has 1 N–H and O–H groups in total. The zero-order chi connectivity index (χ0) is 13.4. The zero-order valence-electron chi connectivity index (χ0n) is 11.3. The van der Waals surface area contributed by atoms with Crippen molar-refractivity contribution in [2.45, 2.75) is 59.7 Å². The van der Waals surface area contributed by atoms with Crippen LogP contribution in [-0.2, 0) is 14.6 Å². The van der Waals surface area contributed by atoms with Gasteiger partial charge in [0.1, 0.15) is 0 Å². The summed E-state index contributed by atoms with van der Waals surface area (Å²) in [5.74, 6) is -0.891. The third kappa shape index (κ3) is 23.2. The van der Waals surface area contributed by atoms with Crippen molar-refractivity contribution in [3.05, 3.63) is 12.2 Å². The van der Waals surface area contributed by atoms with Gasteiger partial charge in [-0.1, -0.05) is 6.08 Å². The topological polar surface area (TPSA) is 55.8 Å². The summed E-state index contributed by atoms with van der Waals surface area (Å²) < 4.78 is 0. The summed E-state index contributed by atoms with van der Waals surface area (Å²) in [7, 11) is 0. The molecule has 0 amide bonds. The predicted molar refractivity (Wildman–Crippen MR) is 64.1 cm³/mol. The van der Waals surface area contributed by atoms with Gasteiger partial charge < -0.3 is 5.11 Å². The maximum Gasteiger partial charge on any atom is 0.327 e. The first-order valence-corrected chi connectivity index (χ1v) is 5.20. The molecular formula is C12H24O4. The van der Waals surface area contributed by atoms with E-state index in [0.717, 1.165) is 6.08 Å². The molecule has 0 atom stereocenters. The molecule has 0 heterocycles. The molecule has 0 saturated heterocycles. The Kier molecular flexibility index (Phi) is 8.12. The van der Waals surface area contributed by atoms with Crippen LogP contribution in [0.15, 0.2) is 12.2 Å². The zero-order valence-corrected chi connectivity index (χ0v) is 11.3. The van der Waals surface area contributed by atoms with Crippen molar-refractivity contribution in [2.24, 2.45) is 0 Å². The summed E-state index contributed by atoms with van der Waals surface area (Å²) in [5, 5.41) is 7.83. The Morgan fingerprint density at radius 3 is 1.38 bits per heavy atom. The second-order valence-electron chi connectivity index (χ2n) is 5.23. The van der Waals surface area contributed by atoms with Crippen LogP contribution in [0.2, 0.25) is 0 Å². The summed E-state index contributed by atoms with van der Waals surface area (Å²) in [6.07, 6.45) is 2.56. The molecule has 0 aromatic carbocycles. The number of carboxylic acids is 1. The van der Waals surface area contributed by atoms with E-state index in [1.165, 1.54) is 6.08 Å². The van der Waals surface area contributed by atoms with E-state index in [4.69, 9.17) is 14.9 Å². The van der Waals surface area contributed by atoms with Crippen LogP contribution in [0.25, 0.3) is 0 Å². The van der Waals surface area contributed by atoms with Crippen molar-refractivity contribution in [1.82, 2.24) is 0 Å². The van der Waals surface area contributed by atoms with Gasteiger partial charge in [0.25, 0.3) is 0 Å². The first-order valence-electron chi connectivity index (χ1n) is 5.20. The normalized spacial score (nSPS) is 12.2. The minimum atomic E-state index is -0.891. The molecule has 0 aromatic rings. The lowest BCUT2D eigenvalue weighted by Crippen LogP contribution is -2.27. The lowest BCUT2D eigenvalue weighted by molar-refractivity contribution is -0.393.